The smallest absolute Gasteiger partial charge is 0.261 e. The number of hydrogen-bond acceptors (Lipinski definition) is 5. The highest BCUT2D eigenvalue weighted by atomic mass is 16.5. The first-order valence-electron chi connectivity index (χ1n) is 5.90. The number of ether oxygens (including phenoxy) is 1. The third-order valence-electron chi connectivity index (χ3n) is 3.32. The number of phenolic OH excluding ortho intramolecular Hbond substituents is 1. The van der Waals surface area contributed by atoms with Crippen LogP contribution in [0.1, 0.15) is 25.1 Å². The maximum atomic E-state index is 9.88. The van der Waals surface area contributed by atoms with Crippen molar-refractivity contribution in [2.24, 2.45) is 5.92 Å². The number of nitrogens with zero attached hydrogens (tertiary/aromatic N) is 2. The molecular formula is C13H14N2O3. The largest absolute Gasteiger partial charge is 0.507 e. The summed E-state index contributed by atoms with van der Waals surface area (Å²) >= 11 is 0. The Morgan fingerprint density at radius 3 is 2.83 bits per heavy atom. The van der Waals surface area contributed by atoms with E-state index in [1.54, 1.807) is 19.2 Å². The van der Waals surface area contributed by atoms with Crippen LogP contribution in [0.2, 0.25) is 0 Å². The molecular weight excluding hydrogens is 232 g/mol. The zero-order valence-corrected chi connectivity index (χ0v) is 10.3. The van der Waals surface area contributed by atoms with Crippen molar-refractivity contribution < 1.29 is 14.4 Å². The molecule has 0 aliphatic heterocycles. The summed E-state index contributed by atoms with van der Waals surface area (Å²) in [5.41, 5.74) is 0.530. The highest BCUT2D eigenvalue weighted by Gasteiger charge is 2.38. The Hall–Kier alpha value is -2.04. The fraction of sp³-hybridized carbons (Fsp3) is 0.385. The van der Waals surface area contributed by atoms with Crippen LogP contribution in [0.5, 0.6) is 11.5 Å². The van der Waals surface area contributed by atoms with Gasteiger partial charge in [-0.1, -0.05) is 12.1 Å². The summed E-state index contributed by atoms with van der Waals surface area (Å²) < 4.78 is 10.2. The lowest BCUT2D eigenvalue weighted by Gasteiger charge is -2.02. The summed E-state index contributed by atoms with van der Waals surface area (Å²) in [6.07, 6.45) is 1.10. The summed E-state index contributed by atoms with van der Waals surface area (Å²) in [6, 6.07) is 4.99. The van der Waals surface area contributed by atoms with Crippen LogP contribution < -0.4 is 4.74 Å². The lowest BCUT2D eigenvalue weighted by molar-refractivity contribution is 0.404. The van der Waals surface area contributed by atoms with Crippen molar-refractivity contribution in [3.8, 4) is 23.0 Å². The quantitative estimate of drug-likeness (QED) is 0.901. The third-order valence-corrected chi connectivity index (χ3v) is 3.32. The topological polar surface area (TPSA) is 68.4 Å². The van der Waals surface area contributed by atoms with Gasteiger partial charge in [0, 0.05) is 12.0 Å². The molecule has 1 heterocycles. The zero-order chi connectivity index (χ0) is 12.7. The minimum atomic E-state index is 0.0772. The number of aromatic hydroxyl groups is 1. The van der Waals surface area contributed by atoms with Crippen LogP contribution in [0, 0.1) is 5.92 Å². The predicted molar refractivity (Wildman–Crippen MR) is 64.5 cm³/mol. The Balaban J connectivity index is 1.92. The molecule has 0 amide bonds. The molecule has 5 nitrogen and oxygen atoms in total. The highest BCUT2D eigenvalue weighted by molar-refractivity contribution is 5.63. The van der Waals surface area contributed by atoms with E-state index in [1.807, 2.05) is 0 Å². The molecule has 1 aliphatic rings. The van der Waals surface area contributed by atoms with Crippen LogP contribution in [0.4, 0.5) is 0 Å². The molecule has 0 bridgehead atoms. The number of methoxy groups -OCH3 is 1. The minimum Gasteiger partial charge on any atom is -0.507 e. The van der Waals surface area contributed by atoms with Gasteiger partial charge in [0.2, 0.25) is 0 Å². The molecule has 2 unspecified atom stereocenters. The van der Waals surface area contributed by atoms with Crippen molar-refractivity contribution in [3.63, 3.8) is 0 Å². The normalized spacial score (nSPS) is 21.9. The predicted octanol–water partition coefficient (Wildman–Crippen LogP) is 2.57. The Bertz CT molecular complexity index is 579. The number of benzene rings is 1. The maximum Gasteiger partial charge on any atom is 0.261 e. The fourth-order valence-corrected chi connectivity index (χ4v) is 2.00. The van der Waals surface area contributed by atoms with E-state index < -0.39 is 0 Å². The Labute approximate surface area is 104 Å². The van der Waals surface area contributed by atoms with Crippen molar-refractivity contribution in [2.75, 3.05) is 7.11 Å². The van der Waals surface area contributed by atoms with Gasteiger partial charge in [0.05, 0.1) is 12.7 Å². The van der Waals surface area contributed by atoms with Gasteiger partial charge in [-0.05, 0) is 24.5 Å². The summed E-state index contributed by atoms with van der Waals surface area (Å²) in [4.78, 5) is 4.33. The van der Waals surface area contributed by atoms with Crippen molar-refractivity contribution in [2.45, 2.75) is 19.3 Å². The van der Waals surface area contributed by atoms with E-state index in [9.17, 15) is 5.11 Å². The second kappa shape index (κ2) is 4.01. The van der Waals surface area contributed by atoms with Gasteiger partial charge in [-0.3, -0.25) is 0 Å². The molecule has 0 spiro atoms. The van der Waals surface area contributed by atoms with E-state index in [0.717, 1.165) is 12.2 Å². The van der Waals surface area contributed by atoms with Crippen LogP contribution in [-0.4, -0.2) is 22.4 Å². The molecule has 1 aliphatic carbocycles. The second-order valence-corrected chi connectivity index (χ2v) is 4.66. The summed E-state index contributed by atoms with van der Waals surface area (Å²) in [7, 11) is 1.55. The van der Waals surface area contributed by atoms with Crippen molar-refractivity contribution in [3.05, 3.63) is 24.0 Å². The molecule has 1 aromatic heterocycles. The Kier molecular flexibility index (Phi) is 2.47. The lowest BCUT2D eigenvalue weighted by atomic mass is 10.2. The molecule has 94 valence electrons. The second-order valence-electron chi connectivity index (χ2n) is 4.66. The fourth-order valence-electron chi connectivity index (χ4n) is 2.00. The van der Waals surface area contributed by atoms with Crippen molar-refractivity contribution in [1.29, 1.82) is 0 Å². The molecule has 5 heteroatoms. The number of hydrogen-bond donors (Lipinski definition) is 1. The first-order valence-corrected chi connectivity index (χ1v) is 5.90. The first-order chi connectivity index (χ1) is 8.69. The van der Waals surface area contributed by atoms with E-state index >= 15 is 0 Å². The molecule has 0 saturated heterocycles. The van der Waals surface area contributed by atoms with E-state index in [0.29, 0.717) is 29.0 Å². The van der Waals surface area contributed by atoms with Crippen LogP contribution in [0.15, 0.2) is 22.7 Å². The van der Waals surface area contributed by atoms with Gasteiger partial charge < -0.3 is 14.4 Å². The standard InChI is InChI=1S/C13H14N2O3/c1-7-5-10(7)12-14-13(18-15-12)9-4-3-8(17-2)6-11(9)16/h3-4,6-7,10,16H,5H2,1-2H3. The Morgan fingerprint density at radius 2 is 2.22 bits per heavy atom. The Morgan fingerprint density at radius 1 is 1.44 bits per heavy atom. The average Bonchev–Trinajstić information content (AvgIpc) is 2.91. The van der Waals surface area contributed by atoms with Gasteiger partial charge in [0.1, 0.15) is 11.5 Å². The van der Waals surface area contributed by atoms with Gasteiger partial charge >= 0.3 is 0 Å². The van der Waals surface area contributed by atoms with Crippen LogP contribution in [0.25, 0.3) is 11.5 Å². The molecule has 2 atom stereocenters. The van der Waals surface area contributed by atoms with Gasteiger partial charge in [0.25, 0.3) is 5.89 Å². The molecule has 18 heavy (non-hydrogen) atoms. The van der Waals surface area contributed by atoms with E-state index in [1.165, 1.54) is 6.07 Å². The van der Waals surface area contributed by atoms with Crippen LogP contribution in [0.3, 0.4) is 0 Å². The van der Waals surface area contributed by atoms with Crippen LogP contribution >= 0.6 is 0 Å². The minimum absolute atomic E-state index is 0.0772. The van der Waals surface area contributed by atoms with Gasteiger partial charge in [-0.25, -0.2) is 0 Å². The molecule has 3 rings (SSSR count). The van der Waals surface area contributed by atoms with Crippen LogP contribution in [-0.2, 0) is 0 Å². The summed E-state index contributed by atoms with van der Waals surface area (Å²) in [5.74, 6) is 2.78. The van der Waals surface area contributed by atoms with Crippen molar-refractivity contribution >= 4 is 0 Å². The molecule has 2 aromatic rings. The third kappa shape index (κ3) is 1.81. The number of aromatic nitrogens is 2. The molecule has 1 N–H and O–H groups in total. The van der Waals surface area contributed by atoms with Gasteiger partial charge in [-0.2, -0.15) is 4.98 Å². The highest BCUT2D eigenvalue weighted by Crippen LogP contribution is 2.46. The number of phenols is 1. The monoisotopic (exact) mass is 246 g/mol. The SMILES string of the molecule is COc1ccc(-c2nc(C3CC3C)no2)c(O)c1. The van der Waals surface area contributed by atoms with Gasteiger partial charge in [-0.15, -0.1) is 0 Å². The van der Waals surface area contributed by atoms with E-state index in [4.69, 9.17) is 9.26 Å². The van der Waals surface area contributed by atoms with Gasteiger partial charge in [0.15, 0.2) is 5.82 Å². The summed E-state index contributed by atoms with van der Waals surface area (Å²) in [6.45, 7) is 2.16. The molecule has 1 aromatic carbocycles. The van der Waals surface area contributed by atoms with E-state index in [2.05, 4.69) is 17.1 Å². The lowest BCUT2D eigenvalue weighted by Crippen LogP contribution is -1.86. The molecule has 1 fully saturated rings. The molecule has 1 saturated carbocycles. The van der Waals surface area contributed by atoms with Crippen molar-refractivity contribution in [1.82, 2.24) is 10.1 Å². The van der Waals surface area contributed by atoms with E-state index in [-0.39, 0.29) is 5.75 Å². The maximum absolute atomic E-state index is 9.88. The zero-order valence-electron chi connectivity index (χ0n) is 10.3. The summed E-state index contributed by atoms with van der Waals surface area (Å²) in [5, 5.41) is 13.8. The average molecular weight is 246 g/mol. The number of rotatable bonds is 3. The first kappa shape index (κ1) is 11.1. The molecule has 0 radical (unpaired) electrons.